The predicted octanol–water partition coefficient (Wildman–Crippen LogP) is 4.07. The molecule has 8 nitrogen and oxygen atoms in total. The van der Waals surface area contributed by atoms with Crippen molar-refractivity contribution < 1.29 is 9.53 Å². The molecule has 0 aliphatic rings. The van der Waals surface area contributed by atoms with E-state index in [1.807, 2.05) is 91.0 Å². The number of aryl methyl sites for hydroxylation is 1. The third kappa shape index (κ3) is 3.57. The van der Waals surface area contributed by atoms with Crippen LogP contribution in [0.2, 0.25) is 0 Å². The minimum absolute atomic E-state index is 0.153. The summed E-state index contributed by atoms with van der Waals surface area (Å²) in [6.45, 7) is 1.71. The Labute approximate surface area is 190 Å². The third-order valence-electron chi connectivity index (χ3n) is 5.47. The summed E-state index contributed by atoms with van der Waals surface area (Å²) < 4.78 is 6.68. The summed E-state index contributed by atoms with van der Waals surface area (Å²) in [7, 11) is 0. The van der Waals surface area contributed by atoms with Gasteiger partial charge in [-0.05, 0) is 28.8 Å². The lowest BCUT2D eigenvalue weighted by molar-refractivity contribution is 0.197. The van der Waals surface area contributed by atoms with E-state index in [9.17, 15) is 4.79 Å². The zero-order valence-electron chi connectivity index (χ0n) is 17.8. The summed E-state index contributed by atoms with van der Waals surface area (Å²) in [5, 5.41) is 12.9. The number of imidazole rings is 1. The molecule has 2 aromatic heterocycles. The van der Waals surface area contributed by atoms with E-state index < -0.39 is 11.6 Å². The molecule has 3 aromatic carbocycles. The molecule has 2 heterocycles. The van der Waals surface area contributed by atoms with Crippen LogP contribution in [-0.2, 0) is 5.54 Å². The van der Waals surface area contributed by atoms with Gasteiger partial charge in [-0.2, -0.15) is 0 Å². The molecule has 0 fully saturated rings. The maximum atomic E-state index is 12.5. The lowest BCUT2D eigenvalue weighted by atomic mass is 9.77. The Bertz CT molecular complexity index is 1270. The second-order valence-electron chi connectivity index (χ2n) is 7.38. The maximum absolute atomic E-state index is 12.5. The largest absolute Gasteiger partial charge is 0.427 e. The number of benzene rings is 3. The molecule has 0 N–H and O–H groups in total. The molecule has 162 valence electrons. The number of ether oxygens (including phenoxy) is 1. The fraction of sp³-hybridized carbons (Fsp3) is 0.0800. The van der Waals surface area contributed by atoms with Crippen molar-refractivity contribution >= 4 is 6.09 Å². The van der Waals surface area contributed by atoms with Gasteiger partial charge in [-0.3, -0.25) is 0 Å². The number of carbonyl (C=O) groups is 1. The number of rotatable bonds is 5. The maximum Gasteiger partial charge on any atom is 0.427 e. The molecule has 0 saturated heterocycles. The van der Waals surface area contributed by atoms with Gasteiger partial charge in [-0.25, -0.2) is 14.3 Å². The smallest absolute Gasteiger partial charge is 0.371 e. The van der Waals surface area contributed by atoms with E-state index in [0.29, 0.717) is 5.82 Å². The van der Waals surface area contributed by atoms with Crippen LogP contribution < -0.4 is 4.74 Å². The molecule has 0 atom stereocenters. The van der Waals surface area contributed by atoms with E-state index >= 15 is 0 Å². The highest BCUT2D eigenvalue weighted by molar-refractivity contribution is 5.72. The van der Waals surface area contributed by atoms with Crippen LogP contribution in [-0.4, -0.2) is 35.9 Å². The number of aromatic nitrogens is 6. The van der Waals surface area contributed by atoms with Crippen molar-refractivity contribution in [3.05, 3.63) is 126 Å². The quantitative estimate of drug-likeness (QED) is 0.386. The molecule has 8 heteroatoms. The van der Waals surface area contributed by atoms with Gasteiger partial charge < -0.3 is 4.74 Å². The van der Waals surface area contributed by atoms with Crippen molar-refractivity contribution in [2.45, 2.75) is 12.5 Å². The van der Waals surface area contributed by atoms with Crippen molar-refractivity contribution in [1.29, 1.82) is 0 Å². The first-order valence-electron chi connectivity index (χ1n) is 10.4. The van der Waals surface area contributed by atoms with E-state index in [-0.39, 0.29) is 6.01 Å². The van der Waals surface area contributed by atoms with Crippen LogP contribution in [0.3, 0.4) is 0 Å². The summed E-state index contributed by atoms with van der Waals surface area (Å²) in [6, 6.07) is 29.6. The lowest BCUT2D eigenvalue weighted by Crippen LogP contribution is -2.39. The summed E-state index contributed by atoms with van der Waals surface area (Å²) >= 11 is 0. The number of hydrogen-bond acceptors (Lipinski definition) is 6. The Kier molecular flexibility index (Phi) is 5.24. The van der Waals surface area contributed by atoms with Crippen LogP contribution in [0.1, 0.15) is 22.5 Å². The molecular weight excluding hydrogens is 416 g/mol. The molecule has 5 rings (SSSR count). The topological polar surface area (TPSA) is 87.7 Å². The van der Waals surface area contributed by atoms with E-state index in [2.05, 4.69) is 20.4 Å². The second-order valence-corrected chi connectivity index (χ2v) is 7.38. The normalized spacial score (nSPS) is 11.3. The summed E-state index contributed by atoms with van der Waals surface area (Å²) in [6.07, 6.45) is 2.38. The van der Waals surface area contributed by atoms with Gasteiger partial charge in [0.25, 0.3) is 0 Å². The van der Waals surface area contributed by atoms with E-state index in [1.54, 1.807) is 6.92 Å². The average molecular weight is 436 g/mol. The Morgan fingerprint density at radius 1 is 0.818 bits per heavy atom. The summed E-state index contributed by atoms with van der Waals surface area (Å²) in [4.78, 5) is 18.1. The fourth-order valence-electron chi connectivity index (χ4n) is 3.97. The standard InChI is InChI=1S/C25H20N6O2/c1-19-26-17-18-30(19)24(32)33-23-27-29-31(28-23)25(20-11-5-2-6-12-20,21-13-7-3-8-14-21)22-15-9-4-10-16-22/h2-18H,1H3. The van der Waals surface area contributed by atoms with Gasteiger partial charge in [0, 0.05) is 12.4 Å². The molecule has 0 saturated carbocycles. The SMILES string of the molecule is Cc1nccn1C(=O)Oc1nnn(C(c2ccccc2)(c2ccccc2)c2ccccc2)n1. The lowest BCUT2D eigenvalue weighted by Gasteiger charge is -2.34. The van der Waals surface area contributed by atoms with Crippen LogP contribution in [0.4, 0.5) is 4.79 Å². The first kappa shape index (κ1) is 20.3. The first-order chi connectivity index (χ1) is 16.2. The molecule has 0 amide bonds. The Morgan fingerprint density at radius 3 is 1.79 bits per heavy atom. The van der Waals surface area contributed by atoms with Crippen molar-refractivity contribution in [3.8, 4) is 6.01 Å². The second kappa shape index (κ2) is 8.51. The van der Waals surface area contributed by atoms with E-state index in [4.69, 9.17) is 4.74 Å². The highest BCUT2D eigenvalue weighted by Crippen LogP contribution is 2.39. The Morgan fingerprint density at radius 2 is 1.33 bits per heavy atom. The molecule has 0 spiro atoms. The van der Waals surface area contributed by atoms with Gasteiger partial charge in [0.05, 0.1) is 0 Å². The number of tetrazole rings is 1. The highest BCUT2D eigenvalue weighted by Gasteiger charge is 2.41. The number of nitrogens with zero attached hydrogens (tertiary/aromatic N) is 6. The summed E-state index contributed by atoms with van der Waals surface area (Å²) in [5.74, 6) is 0.500. The molecule has 0 aliphatic carbocycles. The molecule has 0 unspecified atom stereocenters. The number of carbonyl (C=O) groups excluding carboxylic acids is 1. The molecule has 0 bridgehead atoms. The van der Waals surface area contributed by atoms with Crippen molar-refractivity contribution in [2.75, 3.05) is 0 Å². The minimum atomic E-state index is -0.938. The first-order valence-corrected chi connectivity index (χ1v) is 10.4. The predicted molar refractivity (Wildman–Crippen MR) is 121 cm³/mol. The molecule has 0 radical (unpaired) electrons. The Hall–Kier alpha value is -4.59. The van der Waals surface area contributed by atoms with Crippen LogP contribution in [0, 0.1) is 6.92 Å². The van der Waals surface area contributed by atoms with Crippen molar-refractivity contribution in [1.82, 2.24) is 29.8 Å². The highest BCUT2D eigenvalue weighted by atomic mass is 16.6. The van der Waals surface area contributed by atoms with E-state index in [1.165, 1.54) is 21.8 Å². The van der Waals surface area contributed by atoms with Crippen LogP contribution in [0.25, 0.3) is 0 Å². The zero-order valence-corrected chi connectivity index (χ0v) is 17.8. The third-order valence-corrected chi connectivity index (χ3v) is 5.47. The van der Waals surface area contributed by atoms with Gasteiger partial charge in [-0.1, -0.05) is 101 Å². The number of hydrogen-bond donors (Lipinski definition) is 0. The van der Waals surface area contributed by atoms with Gasteiger partial charge in [0.15, 0.2) is 5.54 Å². The van der Waals surface area contributed by atoms with Crippen molar-refractivity contribution in [2.24, 2.45) is 0 Å². The van der Waals surface area contributed by atoms with Gasteiger partial charge in [0.2, 0.25) is 0 Å². The fourth-order valence-corrected chi connectivity index (χ4v) is 3.97. The van der Waals surface area contributed by atoms with Gasteiger partial charge >= 0.3 is 12.1 Å². The molecule has 33 heavy (non-hydrogen) atoms. The molecular formula is C25H20N6O2. The van der Waals surface area contributed by atoms with Crippen LogP contribution in [0.15, 0.2) is 103 Å². The van der Waals surface area contributed by atoms with Gasteiger partial charge in [0.1, 0.15) is 5.82 Å². The zero-order chi connectivity index (χ0) is 22.7. The van der Waals surface area contributed by atoms with Crippen LogP contribution >= 0.6 is 0 Å². The van der Waals surface area contributed by atoms with E-state index in [0.717, 1.165) is 16.7 Å². The minimum Gasteiger partial charge on any atom is -0.371 e. The molecule has 5 aromatic rings. The Balaban J connectivity index is 1.68. The van der Waals surface area contributed by atoms with Crippen LogP contribution in [0.5, 0.6) is 6.01 Å². The van der Waals surface area contributed by atoms with Crippen molar-refractivity contribution in [3.63, 3.8) is 0 Å². The average Bonchev–Trinajstić information content (AvgIpc) is 3.51. The monoisotopic (exact) mass is 436 g/mol. The van der Waals surface area contributed by atoms with Gasteiger partial charge in [-0.15, -0.1) is 4.80 Å². The molecule has 0 aliphatic heterocycles. The summed E-state index contributed by atoms with van der Waals surface area (Å²) in [5.41, 5.74) is 1.86.